The minimum absolute atomic E-state index is 0.112. The van der Waals surface area contributed by atoms with Crippen molar-refractivity contribution < 1.29 is 5.21 Å². The Kier molecular flexibility index (Phi) is 1.97. The Morgan fingerprint density at radius 3 is 2.33 bits per heavy atom. The molecular weight excluding hydrogens is 192 g/mol. The molecule has 1 heterocycles. The van der Waals surface area contributed by atoms with Crippen molar-refractivity contribution in [3.8, 4) is 6.07 Å². The molecule has 74 valence electrons. The van der Waals surface area contributed by atoms with Crippen molar-refractivity contribution in [3.63, 3.8) is 0 Å². The molecule has 0 bridgehead atoms. The number of benzene rings is 1. The van der Waals surface area contributed by atoms with Crippen LogP contribution < -0.4 is 10.7 Å². The molecule has 0 saturated heterocycles. The topological polar surface area (TPSA) is 81.1 Å². The predicted molar refractivity (Wildman–Crippen MR) is 52.0 cm³/mol. The lowest BCUT2D eigenvalue weighted by Crippen LogP contribution is -2.29. The molecule has 0 aromatic heterocycles. The van der Waals surface area contributed by atoms with E-state index in [1.165, 1.54) is 0 Å². The van der Waals surface area contributed by atoms with Gasteiger partial charge in [0.1, 0.15) is 6.07 Å². The molecule has 0 saturated carbocycles. The van der Waals surface area contributed by atoms with E-state index in [1.807, 2.05) is 12.1 Å². The Bertz CT molecular complexity index is 547. The van der Waals surface area contributed by atoms with Gasteiger partial charge in [-0.25, -0.2) is 9.98 Å². The third kappa shape index (κ3) is 1.36. The Morgan fingerprint density at radius 2 is 1.93 bits per heavy atom. The molecule has 0 fully saturated rings. The number of hydrogen-bond acceptors (Lipinski definition) is 5. The number of oxime groups is 1. The number of fused-ring (bicyclic) bond motifs is 1. The lowest BCUT2D eigenvalue weighted by Gasteiger charge is -2.12. The van der Waals surface area contributed by atoms with Gasteiger partial charge in [0.2, 0.25) is 11.4 Å². The minimum atomic E-state index is -1.09. The van der Waals surface area contributed by atoms with Gasteiger partial charge in [0.25, 0.3) is 0 Å². The smallest absolute Gasteiger partial charge is 0.205 e. The normalized spacial score (nSPS) is 17.2. The Morgan fingerprint density at radius 1 is 1.40 bits per heavy atom. The number of nitriles is 1. The van der Waals surface area contributed by atoms with Crippen LogP contribution in [0.15, 0.2) is 39.4 Å². The molecule has 5 heteroatoms. The minimum Gasteiger partial charge on any atom is -0.410 e. The van der Waals surface area contributed by atoms with Crippen LogP contribution in [0.25, 0.3) is 0 Å². The van der Waals surface area contributed by atoms with Crippen molar-refractivity contribution in [3.05, 3.63) is 35.0 Å². The molecule has 1 aromatic carbocycles. The van der Waals surface area contributed by atoms with Crippen LogP contribution in [0.3, 0.4) is 0 Å². The van der Waals surface area contributed by atoms with Gasteiger partial charge in [-0.1, -0.05) is 17.3 Å². The molecule has 1 N–H and O–H groups in total. The van der Waals surface area contributed by atoms with E-state index in [1.54, 1.807) is 25.1 Å². The van der Waals surface area contributed by atoms with Gasteiger partial charge >= 0.3 is 0 Å². The molecule has 1 aliphatic heterocycles. The largest absolute Gasteiger partial charge is 0.410 e. The predicted octanol–water partition coefficient (Wildman–Crippen LogP) is 0.00938. The molecule has 0 unspecified atom stereocenters. The highest BCUT2D eigenvalue weighted by atomic mass is 16.4. The van der Waals surface area contributed by atoms with Crippen LogP contribution in [0.2, 0.25) is 0 Å². The fraction of sp³-hybridized carbons (Fsp3) is 0.200. The summed E-state index contributed by atoms with van der Waals surface area (Å²) in [7, 11) is 0. The zero-order chi connectivity index (χ0) is 10.9. The van der Waals surface area contributed by atoms with Crippen molar-refractivity contribution in [1.82, 2.24) is 0 Å². The average molecular weight is 200 g/mol. The van der Waals surface area contributed by atoms with E-state index in [9.17, 15) is 0 Å². The number of rotatable bonds is 1. The summed E-state index contributed by atoms with van der Waals surface area (Å²) in [5, 5.41) is 21.8. The Hall–Kier alpha value is -2.22. The van der Waals surface area contributed by atoms with Crippen molar-refractivity contribution in [1.29, 1.82) is 5.26 Å². The van der Waals surface area contributed by atoms with Crippen LogP contribution in [0, 0.1) is 11.3 Å². The summed E-state index contributed by atoms with van der Waals surface area (Å²) in [4.78, 5) is 8.49. The van der Waals surface area contributed by atoms with Crippen LogP contribution in [0.1, 0.15) is 6.92 Å². The van der Waals surface area contributed by atoms with Crippen molar-refractivity contribution in [2.75, 3.05) is 0 Å². The summed E-state index contributed by atoms with van der Waals surface area (Å²) < 4.78 is 0. The number of nitrogens with zero attached hydrogens (tertiary/aromatic N) is 4. The lowest BCUT2D eigenvalue weighted by molar-refractivity contribution is 0.315. The molecule has 1 aromatic rings. The average Bonchev–Trinajstić information content (AvgIpc) is 2.56. The second-order valence-corrected chi connectivity index (χ2v) is 3.29. The SMILES string of the molecule is CC1(C(C#N)=NO)N=c2ccccc2=N1. The lowest BCUT2D eigenvalue weighted by atomic mass is 10.1. The van der Waals surface area contributed by atoms with E-state index < -0.39 is 5.66 Å². The molecule has 5 nitrogen and oxygen atoms in total. The maximum Gasteiger partial charge on any atom is 0.205 e. The second kappa shape index (κ2) is 3.17. The molecule has 0 atom stereocenters. The van der Waals surface area contributed by atoms with Crippen LogP contribution in [-0.2, 0) is 0 Å². The molecule has 1 aliphatic rings. The van der Waals surface area contributed by atoms with Crippen molar-refractivity contribution in [2.45, 2.75) is 12.6 Å². The van der Waals surface area contributed by atoms with E-state index in [4.69, 9.17) is 10.5 Å². The van der Waals surface area contributed by atoms with Crippen LogP contribution in [-0.4, -0.2) is 16.6 Å². The van der Waals surface area contributed by atoms with E-state index in [2.05, 4.69) is 15.1 Å². The highest BCUT2D eigenvalue weighted by Gasteiger charge is 2.32. The fourth-order valence-corrected chi connectivity index (χ4v) is 1.48. The van der Waals surface area contributed by atoms with Crippen LogP contribution >= 0.6 is 0 Å². The summed E-state index contributed by atoms with van der Waals surface area (Å²) in [6, 6.07) is 9.06. The summed E-state index contributed by atoms with van der Waals surface area (Å²) in [5.74, 6) is 0. The zero-order valence-electron chi connectivity index (χ0n) is 8.05. The molecule has 0 amide bonds. The Balaban J connectivity index is 2.65. The summed E-state index contributed by atoms with van der Waals surface area (Å²) >= 11 is 0. The van der Waals surface area contributed by atoms with Gasteiger partial charge in [0.15, 0.2) is 0 Å². The molecule has 15 heavy (non-hydrogen) atoms. The summed E-state index contributed by atoms with van der Waals surface area (Å²) in [6.07, 6.45) is 0. The first kappa shape index (κ1) is 9.34. The standard InChI is InChI=1S/C10H8N4O/c1-10(9(6-11)14-15)12-7-4-2-3-5-8(7)13-10/h2-5,15H,1H3. The third-order valence-electron chi connectivity index (χ3n) is 2.21. The summed E-state index contributed by atoms with van der Waals surface area (Å²) in [6.45, 7) is 1.63. The van der Waals surface area contributed by atoms with Gasteiger partial charge in [-0.05, 0) is 19.1 Å². The van der Waals surface area contributed by atoms with Crippen molar-refractivity contribution in [2.24, 2.45) is 15.1 Å². The summed E-state index contributed by atoms with van der Waals surface area (Å²) in [5.41, 5.74) is -1.20. The first-order valence-electron chi connectivity index (χ1n) is 4.37. The van der Waals surface area contributed by atoms with E-state index in [0.717, 1.165) is 0 Å². The quantitative estimate of drug-likeness (QED) is 0.393. The van der Waals surface area contributed by atoms with E-state index in [-0.39, 0.29) is 5.71 Å². The first-order chi connectivity index (χ1) is 7.19. The zero-order valence-corrected chi connectivity index (χ0v) is 8.05. The maximum absolute atomic E-state index is 8.77. The monoisotopic (exact) mass is 200 g/mol. The molecule has 2 rings (SSSR count). The number of para-hydroxylation sites is 2. The highest BCUT2D eigenvalue weighted by Crippen LogP contribution is 2.14. The van der Waals surface area contributed by atoms with Gasteiger partial charge in [-0.15, -0.1) is 0 Å². The molecule has 0 aliphatic carbocycles. The van der Waals surface area contributed by atoms with Gasteiger partial charge in [0.05, 0.1) is 10.7 Å². The van der Waals surface area contributed by atoms with Crippen LogP contribution in [0.5, 0.6) is 0 Å². The Labute approximate surface area is 85.7 Å². The highest BCUT2D eigenvalue weighted by molar-refractivity contribution is 6.05. The third-order valence-corrected chi connectivity index (χ3v) is 2.21. The van der Waals surface area contributed by atoms with E-state index >= 15 is 0 Å². The van der Waals surface area contributed by atoms with Gasteiger partial charge in [-0.3, -0.25) is 0 Å². The molecule has 0 spiro atoms. The fourth-order valence-electron chi connectivity index (χ4n) is 1.48. The molecule has 0 radical (unpaired) electrons. The van der Waals surface area contributed by atoms with Crippen molar-refractivity contribution >= 4 is 5.71 Å². The van der Waals surface area contributed by atoms with Gasteiger partial charge in [-0.2, -0.15) is 5.26 Å². The number of hydrogen-bond donors (Lipinski definition) is 1. The first-order valence-corrected chi connectivity index (χ1v) is 4.37. The van der Waals surface area contributed by atoms with Gasteiger partial charge < -0.3 is 5.21 Å². The van der Waals surface area contributed by atoms with E-state index in [0.29, 0.717) is 10.7 Å². The molecular formula is C10H8N4O. The van der Waals surface area contributed by atoms with Gasteiger partial charge in [0, 0.05) is 0 Å². The maximum atomic E-state index is 8.77. The van der Waals surface area contributed by atoms with Crippen LogP contribution in [0.4, 0.5) is 0 Å². The second-order valence-electron chi connectivity index (χ2n) is 3.29.